The van der Waals surface area contributed by atoms with Gasteiger partial charge in [0.05, 0.1) is 5.69 Å². The number of benzene rings is 2. The van der Waals surface area contributed by atoms with E-state index in [-0.39, 0.29) is 5.78 Å². The van der Waals surface area contributed by atoms with Gasteiger partial charge < -0.3 is 0 Å². The summed E-state index contributed by atoms with van der Waals surface area (Å²) < 4.78 is 0. The molecule has 0 heterocycles. The van der Waals surface area contributed by atoms with Gasteiger partial charge in [0.2, 0.25) is 0 Å². The zero-order chi connectivity index (χ0) is 13.7. The molecule has 96 valence electrons. The van der Waals surface area contributed by atoms with E-state index >= 15 is 0 Å². The topological polar surface area (TPSA) is 45.0 Å². The number of hydrogen-bond acceptors (Lipinski definition) is 3. The van der Waals surface area contributed by atoms with E-state index in [0.29, 0.717) is 11.1 Å². The third-order valence-corrected chi connectivity index (χ3v) is 2.50. The molecule has 4 nitrogen and oxygen atoms in total. The maximum Gasteiger partial charge on any atom is 0.193 e. The highest BCUT2D eigenvalue weighted by Crippen LogP contribution is 2.16. The van der Waals surface area contributed by atoms with Crippen LogP contribution in [-0.4, -0.2) is 24.9 Å². The number of rotatable bonds is 4. The van der Waals surface area contributed by atoms with Crippen molar-refractivity contribution in [3.05, 3.63) is 65.7 Å². The van der Waals surface area contributed by atoms with E-state index in [2.05, 4.69) is 10.3 Å². The Labute approximate surface area is 112 Å². The fourth-order valence-electron chi connectivity index (χ4n) is 1.58. The predicted molar refractivity (Wildman–Crippen MR) is 74.5 cm³/mol. The van der Waals surface area contributed by atoms with Crippen LogP contribution in [0.3, 0.4) is 0 Å². The summed E-state index contributed by atoms with van der Waals surface area (Å²) in [5, 5.41) is 9.53. The van der Waals surface area contributed by atoms with E-state index in [0.717, 1.165) is 5.69 Å². The van der Waals surface area contributed by atoms with Crippen LogP contribution in [0.2, 0.25) is 0 Å². The molecule has 0 aliphatic rings. The summed E-state index contributed by atoms with van der Waals surface area (Å²) in [7, 11) is 3.60. The minimum Gasteiger partial charge on any atom is -0.289 e. The van der Waals surface area contributed by atoms with E-state index < -0.39 is 0 Å². The number of carbonyl (C=O) groups is 1. The Bertz CT molecular complexity index is 574. The second-order valence-corrected chi connectivity index (χ2v) is 4.28. The number of nitrogens with zero attached hydrogens (tertiary/aromatic N) is 3. The summed E-state index contributed by atoms with van der Waals surface area (Å²) in [6, 6.07) is 16.3. The van der Waals surface area contributed by atoms with Gasteiger partial charge in [-0.05, 0) is 24.3 Å². The third kappa shape index (κ3) is 3.48. The van der Waals surface area contributed by atoms with Crippen LogP contribution in [0.5, 0.6) is 0 Å². The lowest BCUT2D eigenvalue weighted by Gasteiger charge is -2.02. The summed E-state index contributed by atoms with van der Waals surface area (Å²) in [6.07, 6.45) is 0. The molecule has 0 atom stereocenters. The van der Waals surface area contributed by atoms with Gasteiger partial charge in [-0.1, -0.05) is 35.6 Å². The first-order chi connectivity index (χ1) is 9.16. The highest BCUT2D eigenvalue weighted by atomic mass is 16.1. The quantitative estimate of drug-likeness (QED) is 0.475. The Morgan fingerprint density at radius 1 is 0.895 bits per heavy atom. The van der Waals surface area contributed by atoms with Crippen molar-refractivity contribution < 1.29 is 4.79 Å². The SMILES string of the molecule is CN(C)N=Nc1ccc(C(=O)c2ccccc2)cc1. The molecule has 0 aromatic heterocycles. The molecule has 4 heteroatoms. The standard InChI is InChI=1S/C15H15N3O/c1-18(2)17-16-14-10-8-13(9-11-14)15(19)12-6-4-3-5-7-12/h3-11H,1-2H3. The molecular weight excluding hydrogens is 238 g/mol. The number of hydrogen-bond donors (Lipinski definition) is 0. The van der Waals surface area contributed by atoms with Gasteiger partial charge in [-0.25, -0.2) is 0 Å². The lowest BCUT2D eigenvalue weighted by molar-refractivity contribution is 0.103. The Morgan fingerprint density at radius 2 is 1.47 bits per heavy atom. The minimum atomic E-state index is 0.0108. The number of carbonyl (C=O) groups excluding carboxylic acids is 1. The molecule has 0 unspecified atom stereocenters. The van der Waals surface area contributed by atoms with Crippen LogP contribution in [0, 0.1) is 0 Å². The van der Waals surface area contributed by atoms with Gasteiger partial charge in [0, 0.05) is 25.2 Å². The van der Waals surface area contributed by atoms with Crippen LogP contribution in [-0.2, 0) is 0 Å². The van der Waals surface area contributed by atoms with E-state index in [9.17, 15) is 4.79 Å². The molecule has 19 heavy (non-hydrogen) atoms. The molecule has 0 spiro atoms. The van der Waals surface area contributed by atoms with Crippen LogP contribution in [0.4, 0.5) is 5.69 Å². The first-order valence-electron chi connectivity index (χ1n) is 5.95. The smallest absolute Gasteiger partial charge is 0.193 e. The Balaban J connectivity index is 2.17. The first kappa shape index (κ1) is 13.0. The monoisotopic (exact) mass is 253 g/mol. The molecule has 0 aliphatic heterocycles. The van der Waals surface area contributed by atoms with Crippen molar-refractivity contribution in [2.45, 2.75) is 0 Å². The Morgan fingerprint density at radius 3 is 2.05 bits per heavy atom. The van der Waals surface area contributed by atoms with Crippen molar-refractivity contribution in [3.8, 4) is 0 Å². The molecule has 2 aromatic carbocycles. The molecule has 0 radical (unpaired) electrons. The number of ketones is 1. The van der Waals surface area contributed by atoms with Gasteiger partial charge in [-0.15, -0.1) is 5.11 Å². The molecule has 2 aromatic rings. The van der Waals surface area contributed by atoms with Crippen LogP contribution >= 0.6 is 0 Å². The van der Waals surface area contributed by atoms with E-state index in [1.165, 1.54) is 0 Å². The van der Waals surface area contributed by atoms with Gasteiger partial charge in [-0.2, -0.15) is 0 Å². The Kier molecular flexibility index (Phi) is 4.03. The lowest BCUT2D eigenvalue weighted by atomic mass is 10.0. The summed E-state index contributed by atoms with van der Waals surface area (Å²) >= 11 is 0. The van der Waals surface area contributed by atoms with Gasteiger partial charge in [-0.3, -0.25) is 9.80 Å². The largest absolute Gasteiger partial charge is 0.289 e. The lowest BCUT2D eigenvalue weighted by Crippen LogP contribution is -2.00. The van der Waals surface area contributed by atoms with Crippen LogP contribution in [0.25, 0.3) is 0 Å². The van der Waals surface area contributed by atoms with Crippen molar-refractivity contribution in [2.75, 3.05) is 14.1 Å². The van der Waals surface area contributed by atoms with Crippen LogP contribution in [0.1, 0.15) is 15.9 Å². The van der Waals surface area contributed by atoms with Crippen LogP contribution in [0.15, 0.2) is 64.9 Å². The minimum absolute atomic E-state index is 0.0108. The average molecular weight is 253 g/mol. The highest BCUT2D eigenvalue weighted by molar-refractivity contribution is 6.09. The summed E-state index contributed by atoms with van der Waals surface area (Å²) in [6.45, 7) is 0. The molecule has 0 saturated heterocycles. The van der Waals surface area contributed by atoms with Gasteiger partial charge in [0.25, 0.3) is 0 Å². The van der Waals surface area contributed by atoms with Crippen molar-refractivity contribution >= 4 is 11.5 Å². The molecule has 2 rings (SSSR count). The fraction of sp³-hybridized carbons (Fsp3) is 0.133. The molecule has 0 N–H and O–H groups in total. The van der Waals surface area contributed by atoms with E-state index in [1.807, 2.05) is 30.3 Å². The molecule has 0 fully saturated rings. The predicted octanol–water partition coefficient (Wildman–Crippen LogP) is 3.48. The maximum absolute atomic E-state index is 12.2. The summed E-state index contributed by atoms with van der Waals surface area (Å²) in [4.78, 5) is 12.2. The van der Waals surface area contributed by atoms with E-state index in [4.69, 9.17) is 0 Å². The molecular formula is C15H15N3O. The summed E-state index contributed by atoms with van der Waals surface area (Å²) in [5.41, 5.74) is 2.05. The molecule has 0 bridgehead atoms. The second kappa shape index (κ2) is 5.91. The van der Waals surface area contributed by atoms with Crippen LogP contribution < -0.4 is 0 Å². The van der Waals surface area contributed by atoms with Crippen molar-refractivity contribution in [3.63, 3.8) is 0 Å². The molecule has 0 amide bonds. The van der Waals surface area contributed by atoms with Gasteiger partial charge >= 0.3 is 0 Å². The van der Waals surface area contributed by atoms with Crippen molar-refractivity contribution in [2.24, 2.45) is 10.3 Å². The maximum atomic E-state index is 12.2. The zero-order valence-electron chi connectivity index (χ0n) is 10.9. The molecule has 0 saturated carbocycles. The fourth-order valence-corrected chi connectivity index (χ4v) is 1.58. The second-order valence-electron chi connectivity index (χ2n) is 4.28. The van der Waals surface area contributed by atoms with Gasteiger partial charge in [0.1, 0.15) is 0 Å². The van der Waals surface area contributed by atoms with Crippen molar-refractivity contribution in [1.82, 2.24) is 5.01 Å². The van der Waals surface area contributed by atoms with Crippen molar-refractivity contribution in [1.29, 1.82) is 0 Å². The van der Waals surface area contributed by atoms with Gasteiger partial charge in [0.15, 0.2) is 5.78 Å². The highest BCUT2D eigenvalue weighted by Gasteiger charge is 2.07. The Hall–Kier alpha value is -2.49. The average Bonchev–Trinajstić information content (AvgIpc) is 2.46. The normalized spacial score (nSPS) is 10.6. The zero-order valence-corrected chi connectivity index (χ0v) is 10.9. The third-order valence-electron chi connectivity index (χ3n) is 2.50. The molecule has 0 aliphatic carbocycles. The van der Waals surface area contributed by atoms with E-state index in [1.54, 1.807) is 43.4 Å². The first-order valence-corrected chi connectivity index (χ1v) is 5.95. The summed E-state index contributed by atoms with van der Waals surface area (Å²) in [5.74, 6) is 0.0108.